The highest BCUT2D eigenvalue weighted by Crippen LogP contribution is 2.17. The number of thioether (sulfide) groups is 1. The predicted molar refractivity (Wildman–Crippen MR) is 60.6 cm³/mol. The van der Waals surface area contributed by atoms with Crippen LogP contribution >= 0.6 is 24.4 Å². The maximum Gasteiger partial charge on any atom is 0.323 e. The highest BCUT2D eigenvalue weighted by molar-refractivity contribution is 7.98. The third kappa shape index (κ3) is 4.78. The number of aliphatic carboxylic acids is 1. The van der Waals surface area contributed by atoms with Crippen molar-refractivity contribution in [1.29, 1.82) is 0 Å². The zero-order valence-electron chi connectivity index (χ0n) is 7.82. The molecule has 5 heteroatoms. The van der Waals surface area contributed by atoms with E-state index in [1.54, 1.807) is 11.8 Å². The number of nitrogens with two attached hydrogens (primary N) is 1. The van der Waals surface area contributed by atoms with Crippen LogP contribution in [0.2, 0.25) is 0 Å². The second-order valence-electron chi connectivity index (χ2n) is 3.03. The van der Waals surface area contributed by atoms with Crippen LogP contribution in [0.3, 0.4) is 0 Å². The number of rotatable bonds is 7. The maximum absolute atomic E-state index is 10.9. The molecule has 0 spiro atoms. The largest absolute Gasteiger partial charge is 0.480 e. The first-order valence-corrected chi connectivity index (χ1v) is 6.21. The molecule has 0 aromatic heterocycles. The summed E-state index contributed by atoms with van der Waals surface area (Å²) < 4.78 is 0. The quantitative estimate of drug-likeness (QED) is 0.568. The second kappa shape index (κ2) is 6.56. The lowest BCUT2D eigenvalue weighted by molar-refractivity contribution is -0.143. The Morgan fingerprint density at radius 2 is 2.23 bits per heavy atom. The summed E-state index contributed by atoms with van der Waals surface area (Å²) in [6.45, 7) is 0. The van der Waals surface area contributed by atoms with Gasteiger partial charge in [0, 0.05) is 0 Å². The number of carbonyl (C=O) groups is 1. The number of carboxylic acids is 1. The third-order valence-electron chi connectivity index (χ3n) is 1.96. The summed E-state index contributed by atoms with van der Waals surface area (Å²) in [4.78, 5) is 10.9. The van der Waals surface area contributed by atoms with E-state index in [-0.39, 0.29) is 0 Å². The minimum Gasteiger partial charge on any atom is -0.480 e. The van der Waals surface area contributed by atoms with Crippen LogP contribution in [0.5, 0.6) is 0 Å². The van der Waals surface area contributed by atoms with Crippen LogP contribution in [0.15, 0.2) is 0 Å². The maximum atomic E-state index is 10.9. The van der Waals surface area contributed by atoms with Gasteiger partial charge in [-0.15, -0.1) is 0 Å². The fourth-order valence-electron chi connectivity index (χ4n) is 1.02. The van der Waals surface area contributed by atoms with Gasteiger partial charge in [-0.05, 0) is 37.0 Å². The summed E-state index contributed by atoms with van der Waals surface area (Å²) in [6.07, 6.45) is 3.73. The van der Waals surface area contributed by atoms with Crippen molar-refractivity contribution in [3.05, 3.63) is 0 Å². The molecule has 0 aliphatic carbocycles. The molecule has 1 unspecified atom stereocenters. The summed E-state index contributed by atoms with van der Waals surface area (Å²) in [7, 11) is 0. The van der Waals surface area contributed by atoms with Crippen molar-refractivity contribution in [2.45, 2.75) is 24.8 Å². The molecule has 0 rings (SSSR count). The Labute approximate surface area is 88.9 Å². The van der Waals surface area contributed by atoms with Gasteiger partial charge >= 0.3 is 5.97 Å². The highest BCUT2D eigenvalue weighted by Gasteiger charge is 2.32. The molecule has 13 heavy (non-hydrogen) atoms. The fraction of sp³-hybridized carbons (Fsp3) is 0.875. The third-order valence-corrected chi connectivity index (χ3v) is 2.89. The summed E-state index contributed by atoms with van der Waals surface area (Å²) in [6, 6.07) is 0. The fourth-order valence-corrected chi connectivity index (χ4v) is 1.74. The zero-order chi connectivity index (χ0) is 10.3. The van der Waals surface area contributed by atoms with Crippen LogP contribution in [0.1, 0.15) is 19.3 Å². The average molecular weight is 223 g/mol. The van der Waals surface area contributed by atoms with Gasteiger partial charge in [0.05, 0.1) is 0 Å². The lowest BCUT2D eigenvalue weighted by atomic mass is 9.92. The number of carboxylic acid groups (broad SMARTS) is 1. The van der Waals surface area contributed by atoms with E-state index < -0.39 is 11.5 Å². The number of hydrogen-bond donors (Lipinski definition) is 3. The smallest absolute Gasteiger partial charge is 0.323 e. The Kier molecular flexibility index (Phi) is 6.63. The molecule has 0 amide bonds. The molecule has 0 aromatic carbocycles. The number of thiol groups is 1. The van der Waals surface area contributed by atoms with Gasteiger partial charge in [-0.25, -0.2) is 0 Å². The Hall–Kier alpha value is 0.130. The Balaban J connectivity index is 4.08. The van der Waals surface area contributed by atoms with Crippen LogP contribution in [0.4, 0.5) is 0 Å². The summed E-state index contributed by atoms with van der Waals surface area (Å²) in [5.74, 6) is 0.573. The van der Waals surface area contributed by atoms with E-state index in [0.29, 0.717) is 18.6 Å². The van der Waals surface area contributed by atoms with Crippen LogP contribution in [-0.2, 0) is 4.79 Å². The van der Waals surface area contributed by atoms with Crippen molar-refractivity contribution in [2.24, 2.45) is 5.73 Å². The minimum absolute atomic E-state index is 0.506. The molecule has 0 radical (unpaired) electrons. The molecule has 0 saturated heterocycles. The van der Waals surface area contributed by atoms with E-state index in [9.17, 15) is 4.79 Å². The lowest BCUT2D eigenvalue weighted by Gasteiger charge is -2.23. The van der Waals surface area contributed by atoms with Crippen molar-refractivity contribution in [2.75, 3.05) is 17.8 Å². The highest BCUT2D eigenvalue weighted by atomic mass is 32.2. The van der Waals surface area contributed by atoms with Crippen LogP contribution in [-0.4, -0.2) is 34.4 Å². The molecule has 0 aliphatic heterocycles. The molecule has 78 valence electrons. The van der Waals surface area contributed by atoms with Crippen molar-refractivity contribution in [1.82, 2.24) is 0 Å². The Morgan fingerprint density at radius 3 is 2.62 bits per heavy atom. The van der Waals surface area contributed by atoms with Gasteiger partial charge in [-0.2, -0.15) is 24.4 Å². The first-order valence-electron chi connectivity index (χ1n) is 4.19. The Bertz CT molecular complexity index is 156. The summed E-state index contributed by atoms with van der Waals surface area (Å²) in [5.41, 5.74) is 4.72. The SMILES string of the molecule is CSCCC(N)(CCCS)C(=O)O. The van der Waals surface area contributed by atoms with Crippen LogP contribution in [0.25, 0.3) is 0 Å². The molecule has 3 nitrogen and oxygen atoms in total. The van der Waals surface area contributed by atoms with Gasteiger partial charge in [0.2, 0.25) is 0 Å². The van der Waals surface area contributed by atoms with Crippen molar-refractivity contribution in [3.63, 3.8) is 0 Å². The molecule has 0 aliphatic rings. The molecule has 0 bridgehead atoms. The van der Waals surface area contributed by atoms with E-state index in [4.69, 9.17) is 10.8 Å². The normalized spacial score (nSPS) is 15.3. The Morgan fingerprint density at radius 1 is 1.62 bits per heavy atom. The van der Waals surface area contributed by atoms with E-state index in [1.807, 2.05) is 6.26 Å². The van der Waals surface area contributed by atoms with E-state index in [1.165, 1.54) is 0 Å². The van der Waals surface area contributed by atoms with Gasteiger partial charge in [0.15, 0.2) is 0 Å². The van der Waals surface area contributed by atoms with E-state index in [0.717, 1.165) is 12.2 Å². The molecular formula is C8H17NO2S2. The second-order valence-corrected chi connectivity index (χ2v) is 4.46. The van der Waals surface area contributed by atoms with E-state index >= 15 is 0 Å². The van der Waals surface area contributed by atoms with Gasteiger partial charge in [-0.3, -0.25) is 4.79 Å². The summed E-state index contributed by atoms with van der Waals surface area (Å²) >= 11 is 5.66. The standard InChI is InChI=1S/C8H17NO2S2/c1-13-6-4-8(9,7(10)11)3-2-5-12/h12H,2-6,9H2,1H3,(H,10,11). The monoisotopic (exact) mass is 223 g/mol. The van der Waals surface area contributed by atoms with E-state index in [2.05, 4.69) is 12.6 Å². The van der Waals surface area contributed by atoms with Crippen LogP contribution < -0.4 is 5.73 Å². The van der Waals surface area contributed by atoms with Crippen molar-refractivity contribution < 1.29 is 9.90 Å². The molecule has 0 saturated carbocycles. The van der Waals surface area contributed by atoms with Crippen LogP contribution in [0, 0.1) is 0 Å². The molecule has 0 fully saturated rings. The zero-order valence-corrected chi connectivity index (χ0v) is 9.53. The van der Waals surface area contributed by atoms with Crippen molar-refractivity contribution in [3.8, 4) is 0 Å². The predicted octanol–water partition coefficient (Wildman–Crippen LogP) is 1.23. The van der Waals surface area contributed by atoms with Gasteiger partial charge < -0.3 is 10.8 Å². The van der Waals surface area contributed by atoms with Gasteiger partial charge in [-0.1, -0.05) is 0 Å². The molecule has 1 atom stereocenters. The van der Waals surface area contributed by atoms with Gasteiger partial charge in [0.25, 0.3) is 0 Å². The lowest BCUT2D eigenvalue weighted by Crippen LogP contribution is -2.48. The molecule has 3 N–H and O–H groups in total. The average Bonchev–Trinajstić information content (AvgIpc) is 2.11. The molecule has 0 aromatic rings. The molecular weight excluding hydrogens is 206 g/mol. The van der Waals surface area contributed by atoms with Gasteiger partial charge in [0.1, 0.15) is 5.54 Å². The number of hydrogen-bond acceptors (Lipinski definition) is 4. The first-order chi connectivity index (χ1) is 6.06. The molecule has 0 heterocycles. The van der Waals surface area contributed by atoms with Crippen molar-refractivity contribution >= 4 is 30.4 Å². The topological polar surface area (TPSA) is 63.3 Å². The first kappa shape index (κ1) is 13.1. The minimum atomic E-state index is -1.05. The summed E-state index contributed by atoms with van der Waals surface area (Å²) in [5, 5.41) is 8.93.